The number of carbonyl (C=O) groups excluding carboxylic acids is 1. The van der Waals surface area contributed by atoms with E-state index in [-0.39, 0.29) is 11.7 Å². The number of nitrogens with one attached hydrogen (secondary N) is 1. The third kappa shape index (κ3) is 5.30. The highest BCUT2D eigenvalue weighted by atomic mass is 16.5. The van der Waals surface area contributed by atoms with E-state index in [1.807, 2.05) is 0 Å². The SMILES string of the molecule is Cc1c(O)cccc1C(=O)NCCOCCC(C)C. The molecular weight excluding hydrogens is 242 g/mol. The van der Waals surface area contributed by atoms with Gasteiger partial charge in [0.25, 0.3) is 5.91 Å². The number of benzene rings is 1. The Morgan fingerprint density at radius 3 is 2.79 bits per heavy atom. The highest BCUT2D eigenvalue weighted by Crippen LogP contribution is 2.19. The summed E-state index contributed by atoms with van der Waals surface area (Å²) < 4.78 is 5.42. The molecule has 0 saturated heterocycles. The van der Waals surface area contributed by atoms with Crippen LogP contribution in [0.2, 0.25) is 0 Å². The molecule has 4 nitrogen and oxygen atoms in total. The molecule has 0 aliphatic heterocycles. The summed E-state index contributed by atoms with van der Waals surface area (Å²) in [5.41, 5.74) is 1.10. The van der Waals surface area contributed by atoms with Gasteiger partial charge in [0.05, 0.1) is 6.61 Å². The van der Waals surface area contributed by atoms with Crippen LogP contribution in [0.5, 0.6) is 5.75 Å². The Morgan fingerprint density at radius 1 is 1.37 bits per heavy atom. The first-order valence-electron chi connectivity index (χ1n) is 6.67. The summed E-state index contributed by atoms with van der Waals surface area (Å²) in [4.78, 5) is 11.9. The third-order valence-corrected chi connectivity index (χ3v) is 2.92. The number of aromatic hydroxyl groups is 1. The molecule has 0 radical (unpaired) electrons. The molecule has 0 aliphatic carbocycles. The molecule has 1 amide bonds. The number of carbonyl (C=O) groups is 1. The Labute approximate surface area is 114 Å². The average Bonchev–Trinajstić information content (AvgIpc) is 2.36. The minimum Gasteiger partial charge on any atom is -0.508 e. The van der Waals surface area contributed by atoms with E-state index in [0.717, 1.165) is 13.0 Å². The van der Waals surface area contributed by atoms with E-state index >= 15 is 0 Å². The normalized spacial score (nSPS) is 10.7. The molecular formula is C15H23NO3. The molecule has 0 aromatic heterocycles. The zero-order valence-corrected chi connectivity index (χ0v) is 11.9. The van der Waals surface area contributed by atoms with Crippen molar-refractivity contribution in [1.82, 2.24) is 5.32 Å². The van der Waals surface area contributed by atoms with Gasteiger partial charge < -0.3 is 15.2 Å². The third-order valence-electron chi connectivity index (χ3n) is 2.92. The van der Waals surface area contributed by atoms with Crippen molar-refractivity contribution >= 4 is 5.91 Å². The maximum absolute atomic E-state index is 11.9. The number of hydrogen-bond donors (Lipinski definition) is 2. The summed E-state index contributed by atoms with van der Waals surface area (Å²) in [6.45, 7) is 7.73. The predicted octanol–water partition coefficient (Wildman–Crippen LogP) is 2.49. The van der Waals surface area contributed by atoms with E-state index in [1.54, 1.807) is 25.1 Å². The highest BCUT2D eigenvalue weighted by molar-refractivity contribution is 5.96. The van der Waals surface area contributed by atoms with Crippen LogP contribution in [0, 0.1) is 12.8 Å². The van der Waals surface area contributed by atoms with Crippen molar-refractivity contribution in [3.63, 3.8) is 0 Å². The van der Waals surface area contributed by atoms with Crippen LogP contribution in [-0.2, 0) is 4.74 Å². The molecule has 2 N–H and O–H groups in total. The van der Waals surface area contributed by atoms with Crippen LogP contribution in [0.3, 0.4) is 0 Å². The molecule has 4 heteroatoms. The number of hydrogen-bond acceptors (Lipinski definition) is 3. The van der Waals surface area contributed by atoms with Gasteiger partial charge in [-0.2, -0.15) is 0 Å². The Kier molecular flexibility index (Phi) is 6.36. The van der Waals surface area contributed by atoms with Gasteiger partial charge >= 0.3 is 0 Å². The molecule has 0 saturated carbocycles. The van der Waals surface area contributed by atoms with E-state index in [0.29, 0.717) is 30.2 Å². The van der Waals surface area contributed by atoms with Gasteiger partial charge in [0.1, 0.15) is 5.75 Å². The molecule has 19 heavy (non-hydrogen) atoms. The van der Waals surface area contributed by atoms with Crippen LogP contribution in [0.15, 0.2) is 18.2 Å². The molecule has 0 spiro atoms. The predicted molar refractivity (Wildman–Crippen MR) is 75.5 cm³/mol. The second-order valence-corrected chi connectivity index (χ2v) is 5.00. The van der Waals surface area contributed by atoms with Crippen LogP contribution in [0.4, 0.5) is 0 Å². The smallest absolute Gasteiger partial charge is 0.251 e. The molecule has 0 fully saturated rings. The maximum atomic E-state index is 11.9. The largest absolute Gasteiger partial charge is 0.508 e. The summed E-state index contributed by atoms with van der Waals surface area (Å²) in [5, 5.41) is 12.3. The highest BCUT2D eigenvalue weighted by Gasteiger charge is 2.10. The van der Waals surface area contributed by atoms with Crippen LogP contribution >= 0.6 is 0 Å². The van der Waals surface area contributed by atoms with Crippen molar-refractivity contribution in [3.05, 3.63) is 29.3 Å². The first-order chi connectivity index (χ1) is 9.02. The fourth-order valence-electron chi connectivity index (χ4n) is 1.62. The number of amides is 1. The lowest BCUT2D eigenvalue weighted by Gasteiger charge is -2.09. The number of rotatable bonds is 7. The van der Waals surface area contributed by atoms with E-state index in [1.165, 1.54) is 0 Å². The number of phenolic OH excluding ortho intramolecular Hbond substituents is 1. The second kappa shape index (κ2) is 7.79. The minimum atomic E-state index is -0.180. The van der Waals surface area contributed by atoms with Gasteiger partial charge in [0, 0.05) is 24.3 Å². The van der Waals surface area contributed by atoms with Gasteiger partial charge in [-0.15, -0.1) is 0 Å². The fraction of sp³-hybridized carbons (Fsp3) is 0.533. The van der Waals surface area contributed by atoms with Gasteiger partial charge in [-0.05, 0) is 31.4 Å². The molecule has 1 aromatic rings. The zero-order valence-electron chi connectivity index (χ0n) is 11.9. The monoisotopic (exact) mass is 265 g/mol. The summed E-state index contributed by atoms with van der Waals surface area (Å²) in [5.74, 6) is 0.589. The van der Waals surface area contributed by atoms with Crippen LogP contribution in [-0.4, -0.2) is 30.8 Å². The van der Waals surface area contributed by atoms with Crippen molar-refractivity contribution in [2.24, 2.45) is 5.92 Å². The quantitative estimate of drug-likeness (QED) is 0.745. The molecule has 1 aromatic carbocycles. The molecule has 0 heterocycles. The van der Waals surface area contributed by atoms with Crippen LogP contribution in [0.1, 0.15) is 36.2 Å². The lowest BCUT2D eigenvalue weighted by Crippen LogP contribution is -2.28. The topological polar surface area (TPSA) is 58.6 Å². The lowest BCUT2D eigenvalue weighted by atomic mass is 10.1. The molecule has 106 valence electrons. The Morgan fingerprint density at radius 2 is 2.11 bits per heavy atom. The standard InChI is InChI=1S/C15H23NO3/c1-11(2)7-9-19-10-8-16-15(18)13-5-4-6-14(17)12(13)3/h4-6,11,17H,7-10H2,1-3H3,(H,16,18). The van der Waals surface area contributed by atoms with Gasteiger partial charge in [-0.25, -0.2) is 0 Å². The summed E-state index contributed by atoms with van der Waals surface area (Å²) >= 11 is 0. The van der Waals surface area contributed by atoms with E-state index in [4.69, 9.17) is 4.74 Å². The lowest BCUT2D eigenvalue weighted by molar-refractivity contribution is 0.0905. The van der Waals surface area contributed by atoms with Gasteiger partial charge in [0.15, 0.2) is 0 Å². The van der Waals surface area contributed by atoms with E-state index in [9.17, 15) is 9.90 Å². The van der Waals surface area contributed by atoms with E-state index in [2.05, 4.69) is 19.2 Å². The van der Waals surface area contributed by atoms with Gasteiger partial charge in [-0.1, -0.05) is 19.9 Å². The summed E-state index contributed by atoms with van der Waals surface area (Å²) in [6.07, 6.45) is 1.03. The number of ether oxygens (including phenoxy) is 1. The minimum absolute atomic E-state index is 0.140. The van der Waals surface area contributed by atoms with Crippen molar-refractivity contribution in [2.45, 2.75) is 27.2 Å². The van der Waals surface area contributed by atoms with Crippen LogP contribution < -0.4 is 5.32 Å². The summed E-state index contributed by atoms with van der Waals surface area (Å²) in [6, 6.07) is 4.93. The Balaban J connectivity index is 2.30. The Hall–Kier alpha value is -1.55. The molecule has 0 unspecified atom stereocenters. The Bertz CT molecular complexity index is 416. The van der Waals surface area contributed by atoms with Crippen molar-refractivity contribution in [2.75, 3.05) is 19.8 Å². The van der Waals surface area contributed by atoms with Gasteiger partial charge in [-0.3, -0.25) is 4.79 Å². The molecule has 0 bridgehead atoms. The molecule has 0 atom stereocenters. The molecule has 1 rings (SSSR count). The van der Waals surface area contributed by atoms with Crippen molar-refractivity contribution < 1.29 is 14.6 Å². The fourth-order valence-corrected chi connectivity index (χ4v) is 1.62. The summed E-state index contributed by atoms with van der Waals surface area (Å²) in [7, 11) is 0. The number of phenols is 1. The van der Waals surface area contributed by atoms with Crippen LogP contribution in [0.25, 0.3) is 0 Å². The zero-order chi connectivity index (χ0) is 14.3. The van der Waals surface area contributed by atoms with Gasteiger partial charge in [0.2, 0.25) is 0 Å². The second-order valence-electron chi connectivity index (χ2n) is 5.00. The van der Waals surface area contributed by atoms with E-state index < -0.39 is 0 Å². The maximum Gasteiger partial charge on any atom is 0.251 e. The van der Waals surface area contributed by atoms with Crippen molar-refractivity contribution in [3.8, 4) is 5.75 Å². The first-order valence-corrected chi connectivity index (χ1v) is 6.67. The van der Waals surface area contributed by atoms with Crippen molar-refractivity contribution in [1.29, 1.82) is 0 Å². The average molecular weight is 265 g/mol. The molecule has 0 aliphatic rings. The first kappa shape index (κ1) is 15.5.